The van der Waals surface area contributed by atoms with E-state index in [0.717, 1.165) is 40.4 Å². The maximum atomic E-state index is 13.0. The summed E-state index contributed by atoms with van der Waals surface area (Å²) in [5.74, 6) is 1.77. The van der Waals surface area contributed by atoms with E-state index in [2.05, 4.69) is 10.3 Å². The van der Waals surface area contributed by atoms with E-state index < -0.39 is 0 Å². The molecule has 32 heavy (non-hydrogen) atoms. The Morgan fingerprint density at radius 1 is 1.03 bits per heavy atom. The lowest BCUT2D eigenvalue weighted by Crippen LogP contribution is -2.33. The maximum Gasteiger partial charge on any atom is 0.262 e. The number of pyridine rings is 1. The monoisotopic (exact) mass is 429 g/mol. The van der Waals surface area contributed by atoms with Crippen LogP contribution in [0.5, 0.6) is 11.5 Å². The van der Waals surface area contributed by atoms with Gasteiger partial charge in [0.1, 0.15) is 17.3 Å². The lowest BCUT2D eigenvalue weighted by Gasteiger charge is -2.23. The molecular weight excluding hydrogens is 406 g/mol. The topological polar surface area (TPSA) is 80.8 Å². The number of amides is 2. The summed E-state index contributed by atoms with van der Waals surface area (Å²) in [6.45, 7) is 0.522. The van der Waals surface area contributed by atoms with E-state index in [-0.39, 0.29) is 17.9 Å². The number of anilines is 1. The molecule has 0 saturated carbocycles. The fourth-order valence-electron chi connectivity index (χ4n) is 4.61. The standard InChI is InChI=1S/C25H23N3O4/c1-31-16-8-7-15(22(13-16)32-2)14-27-23-18-9-10-21(17(18)11-12-26-23)28-24(29)19-5-3-4-6-20(19)25(28)30/h3-8,11-13,21H,9-10,14H2,1-2H3,(H,26,27). The van der Waals surface area contributed by atoms with Gasteiger partial charge in [0.25, 0.3) is 11.8 Å². The first-order valence-electron chi connectivity index (χ1n) is 10.5. The number of methoxy groups -OCH3 is 2. The molecular formula is C25H23N3O4. The van der Waals surface area contributed by atoms with E-state index in [4.69, 9.17) is 9.47 Å². The van der Waals surface area contributed by atoms with Gasteiger partial charge in [-0.25, -0.2) is 4.98 Å². The number of carbonyl (C=O) groups excluding carboxylic acids is 2. The van der Waals surface area contributed by atoms with Crippen molar-refractivity contribution in [1.82, 2.24) is 9.88 Å². The summed E-state index contributed by atoms with van der Waals surface area (Å²) >= 11 is 0. The molecule has 0 fully saturated rings. The second kappa shape index (κ2) is 8.00. The van der Waals surface area contributed by atoms with Crippen molar-refractivity contribution in [3.05, 3.63) is 82.5 Å². The van der Waals surface area contributed by atoms with Gasteiger partial charge in [-0.3, -0.25) is 14.5 Å². The van der Waals surface area contributed by atoms with E-state index in [1.165, 1.54) is 4.90 Å². The molecule has 0 spiro atoms. The minimum Gasteiger partial charge on any atom is -0.497 e. The molecule has 7 nitrogen and oxygen atoms in total. The van der Waals surface area contributed by atoms with Crippen LogP contribution in [0.25, 0.3) is 0 Å². The molecule has 2 aliphatic rings. The molecule has 7 heteroatoms. The molecule has 0 bridgehead atoms. The average molecular weight is 429 g/mol. The number of carbonyl (C=O) groups is 2. The van der Waals surface area contributed by atoms with Crippen molar-refractivity contribution in [1.29, 1.82) is 0 Å². The van der Waals surface area contributed by atoms with Crippen LogP contribution < -0.4 is 14.8 Å². The molecule has 0 radical (unpaired) electrons. The fourth-order valence-corrected chi connectivity index (χ4v) is 4.61. The predicted molar refractivity (Wildman–Crippen MR) is 119 cm³/mol. The summed E-state index contributed by atoms with van der Waals surface area (Å²) in [4.78, 5) is 31.9. The van der Waals surface area contributed by atoms with E-state index in [1.807, 2.05) is 24.3 Å². The van der Waals surface area contributed by atoms with Crippen molar-refractivity contribution in [2.75, 3.05) is 19.5 Å². The van der Waals surface area contributed by atoms with Crippen molar-refractivity contribution in [3.63, 3.8) is 0 Å². The van der Waals surface area contributed by atoms with Crippen molar-refractivity contribution < 1.29 is 19.1 Å². The lowest BCUT2D eigenvalue weighted by molar-refractivity contribution is 0.0582. The van der Waals surface area contributed by atoms with E-state index in [9.17, 15) is 9.59 Å². The zero-order valence-corrected chi connectivity index (χ0v) is 17.9. The lowest BCUT2D eigenvalue weighted by atomic mass is 10.1. The Morgan fingerprint density at radius 2 is 1.78 bits per heavy atom. The third kappa shape index (κ3) is 3.17. The Labute approximate surface area is 186 Å². The van der Waals surface area contributed by atoms with Gasteiger partial charge in [-0.2, -0.15) is 0 Å². The van der Waals surface area contributed by atoms with Crippen LogP contribution in [0.1, 0.15) is 49.9 Å². The average Bonchev–Trinajstić information content (AvgIpc) is 3.36. The van der Waals surface area contributed by atoms with E-state index >= 15 is 0 Å². The number of imide groups is 1. The summed E-state index contributed by atoms with van der Waals surface area (Å²) in [5.41, 5.74) is 3.94. The first-order chi connectivity index (χ1) is 15.6. The summed E-state index contributed by atoms with van der Waals surface area (Å²) in [6, 6.07) is 14.3. The fraction of sp³-hybridized carbons (Fsp3) is 0.240. The van der Waals surface area contributed by atoms with Crippen molar-refractivity contribution >= 4 is 17.6 Å². The second-order valence-corrected chi connectivity index (χ2v) is 7.84. The number of fused-ring (bicyclic) bond motifs is 2. The zero-order valence-electron chi connectivity index (χ0n) is 17.9. The minimum atomic E-state index is -0.281. The van der Waals surface area contributed by atoms with Gasteiger partial charge in [0.2, 0.25) is 0 Å². The highest BCUT2D eigenvalue weighted by atomic mass is 16.5. The number of aromatic nitrogens is 1. The van der Waals surface area contributed by atoms with Crippen LogP contribution in [0, 0.1) is 0 Å². The van der Waals surface area contributed by atoms with Gasteiger partial charge in [0, 0.05) is 24.4 Å². The molecule has 1 atom stereocenters. The van der Waals surface area contributed by atoms with E-state index in [0.29, 0.717) is 24.1 Å². The number of benzene rings is 2. The zero-order chi connectivity index (χ0) is 22.2. The Hall–Kier alpha value is -3.87. The van der Waals surface area contributed by atoms with Crippen LogP contribution in [0.4, 0.5) is 5.82 Å². The second-order valence-electron chi connectivity index (χ2n) is 7.84. The largest absolute Gasteiger partial charge is 0.497 e. The van der Waals surface area contributed by atoms with Crippen molar-refractivity contribution in [2.24, 2.45) is 0 Å². The van der Waals surface area contributed by atoms with Crippen LogP contribution in [0.3, 0.4) is 0 Å². The molecule has 1 N–H and O–H groups in total. The van der Waals surface area contributed by atoms with Gasteiger partial charge < -0.3 is 14.8 Å². The maximum absolute atomic E-state index is 13.0. The number of rotatable bonds is 6. The molecule has 1 aliphatic carbocycles. The number of nitrogens with zero attached hydrogens (tertiary/aromatic N) is 2. The molecule has 5 rings (SSSR count). The first-order valence-corrected chi connectivity index (χ1v) is 10.5. The Morgan fingerprint density at radius 3 is 2.47 bits per heavy atom. The smallest absolute Gasteiger partial charge is 0.262 e. The van der Waals surface area contributed by atoms with Crippen LogP contribution in [-0.4, -0.2) is 35.9 Å². The normalized spacial score (nSPS) is 16.7. The molecule has 1 aromatic heterocycles. The Bertz CT molecular complexity index is 1190. The molecule has 2 amide bonds. The van der Waals surface area contributed by atoms with Gasteiger partial charge >= 0.3 is 0 Å². The molecule has 1 unspecified atom stereocenters. The quantitative estimate of drug-likeness (QED) is 0.597. The summed E-state index contributed by atoms with van der Waals surface area (Å²) in [6.07, 6.45) is 3.15. The van der Waals surface area contributed by atoms with Crippen LogP contribution >= 0.6 is 0 Å². The summed E-state index contributed by atoms with van der Waals surface area (Å²) in [5, 5.41) is 3.40. The highest BCUT2D eigenvalue weighted by Crippen LogP contribution is 2.42. The molecule has 2 aromatic carbocycles. The number of hydrogen-bond acceptors (Lipinski definition) is 6. The van der Waals surface area contributed by atoms with Crippen molar-refractivity contribution in [2.45, 2.75) is 25.4 Å². The Kier molecular flexibility index (Phi) is 5.01. The predicted octanol–water partition coefficient (Wildman–Crippen LogP) is 3.99. The van der Waals surface area contributed by atoms with Gasteiger partial charge in [-0.05, 0) is 54.3 Å². The van der Waals surface area contributed by atoms with Gasteiger partial charge in [-0.15, -0.1) is 0 Å². The van der Waals surface area contributed by atoms with Crippen LogP contribution in [0.15, 0.2) is 54.7 Å². The molecule has 1 aliphatic heterocycles. The molecule has 162 valence electrons. The first kappa shape index (κ1) is 20.1. The van der Waals surface area contributed by atoms with Gasteiger partial charge in [-0.1, -0.05) is 12.1 Å². The highest BCUT2D eigenvalue weighted by Gasteiger charge is 2.43. The number of hydrogen-bond donors (Lipinski definition) is 1. The van der Waals surface area contributed by atoms with Gasteiger partial charge in [0.15, 0.2) is 0 Å². The summed E-state index contributed by atoms with van der Waals surface area (Å²) in [7, 11) is 3.25. The number of ether oxygens (including phenoxy) is 2. The Balaban J connectivity index is 1.40. The summed E-state index contributed by atoms with van der Waals surface area (Å²) < 4.78 is 10.7. The minimum absolute atomic E-state index is 0.224. The van der Waals surface area contributed by atoms with Gasteiger partial charge in [0.05, 0.1) is 31.4 Å². The SMILES string of the molecule is COc1ccc(CNc2nccc3c2CCC3N2C(=O)c3ccccc3C2=O)c(OC)c1. The van der Waals surface area contributed by atoms with E-state index in [1.54, 1.807) is 44.7 Å². The number of nitrogens with one attached hydrogen (secondary N) is 1. The third-order valence-corrected chi connectivity index (χ3v) is 6.20. The van der Waals surface area contributed by atoms with Crippen LogP contribution in [0.2, 0.25) is 0 Å². The van der Waals surface area contributed by atoms with Crippen molar-refractivity contribution in [3.8, 4) is 11.5 Å². The third-order valence-electron chi connectivity index (χ3n) is 6.20. The molecule has 0 saturated heterocycles. The highest BCUT2D eigenvalue weighted by molar-refractivity contribution is 6.21. The molecule has 3 aromatic rings. The van der Waals surface area contributed by atoms with Crippen LogP contribution in [-0.2, 0) is 13.0 Å². The molecule has 2 heterocycles.